The number of aryl methyl sites for hydroxylation is 1. The van der Waals surface area contributed by atoms with Gasteiger partial charge in [-0.3, -0.25) is 29.7 Å². The monoisotopic (exact) mass is 445 g/mol. The van der Waals surface area contributed by atoms with Crippen molar-refractivity contribution in [2.45, 2.75) is 19.5 Å². The molecule has 0 radical (unpaired) electrons. The van der Waals surface area contributed by atoms with Gasteiger partial charge >= 0.3 is 0 Å². The Balaban J connectivity index is 1.51. The van der Waals surface area contributed by atoms with Crippen molar-refractivity contribution >= 4 is 17.3 Å². The number of piperazine rings is 1. The van der Waals surface area contributed by atoms with Crippen LogP contribution >= 0.6 is 0 Å². The molecule has 2 aromatic carbocycles. The molecule has 8 heteroatoms. The van der Waals surface area contributed by atoms with E-state index >= 15 is 0 Å². The summed E-state index contributed by atoms with van der Waals surface area (Å²) in [6.07, 6.45) is 1.80. The van der Waals surface area contributed by atoms with E-state index in [4.69, 9.17) is 0 Å². The number of pyridine rings is 1. The molecule has 170 valence electrons. The molecule has 33 heavy (non-hydrogen) atoms. The van der Waals surface area contributed by atoms with Crippen LogP contribution < -0.4 is 5.32 Å². The molecular formula is C25H27N5O3. The van der Waals surface area contributed by atoms with Crippen LogP contribution in [0.1, 0.15) is 22.9 Å². The maximum absolute atomic E-state index is 13.4. The molecule has 4 rings (SSSR count). The van der Waals surface area contributed by atoms with Gasteiger partial charge < -0.3 is 5.32 Å². The van der Waals surface area contributed by atoms with E-state index in [9.17, 15) is 14.9 Å². The van der Waals surface area contributed by atoms with Gasteiger partial charge in [-0.15, -0.1) is 0 Å². The van der Waals surface area contributed by atoms with Gasteiger partial charge in [0, 0.05) is 45.0 Å². The van der Waals surface area contributed by atoms with E-state index in [1.54, 1.807) is 25.3 Å². The lowest BCUT2D eigenvalue weighted by atomic mass is 10.0. The van der Waals surface area contributed by atoms with Crippen molar-refractivity contribution in [3.63, 3.8) is 0 Å². The first-order valence-electron chi connectivity index (χ1n) is 11.0. The summed E-state index contributed by atoms with van der Waals surface area (Å²) in [4.78, 5) is 33.4. The summed E-state index contributed by atoms with van der Waals surface area (Å²) < 4.78 is 0. The third kappa shape index (κ3) is 5.60. The highest BCUT2D eigenvalue weighted by Crippen LogP contribution is 2.29. The van der Waals surface area contributed by atoms with Gasteiger partial charge in [0.25, 0.3) is 5.69 Å². The molecule has 1 aromatic heterocycles. The lowest BCUT2D eigenvalue weighted by molar-refractivity contribution is -0.384. The Kier molecular flexibility index (Phi) is 7.07. The highest BCUT2D eigenvalue weighted by atomic mass is 16.6. The maximum atomic E-state index is 13.4. The first-order chi connectivity index (χ1) is 16.0. The van der Waals surface area contributed by atoms with E-state index in [1.165, 1.54) is 6.07 Å². The fourth-order valence-corrected chi connectivity index (χ4v) is 4.16. The van der Waals surface area contributed by atoms with Gasteiger partial charge in [0.05, 0.1) is 10.6 Å². The second kappa shape index (κ2) is 10.3. The predicted octanol–water partition coefficient (Wildman–Crippen LogP) is 3.80. The van der Waals surface area contributed by atoms with E-state index in [0.717, 1.165) is 36.5 Å². The number of nitrogens with one attached hydrogen (secondary N) is 1. The Bertz CT molecular complexity index is 1100. The Hall–Kier alpha value is -3.62. The quantitative estimate of drug-likeness (QED) is 0.439. The van der Waals surface area contributed by atoms with Gasteiger partial charge in [-0.05, 0) is 36.2 Å². The first kappa shape index (κ1) is 22.6. The van der Waals surface area contributed by atoms with Crippen molar-refractivity contribution in [2.75, 3.05) is 31.5 Å². The third-order valence-corrected chi connectivity index (χ3v) is 5.86. The minimum atomic E-state index is -0.538. The summed E-state index contributed by atoms with van der Waals surface area (Å²) >= 11 is 0. The molecule has 1 aliphatic rings. The lowest BCUT2D eigenvalue weighted by Crippen LogP contribution is -2.49. The Morgan fingerprint density at radius 2 is 1.79 bits per heavy atom. The van der Waals surface area contributed by atoms with E-state index < -0.39 is 11.0 Å². The summed E-state index contributed by atoms with van der Waals surface area (Å²) in [7, 11) is 0. The molecule has 1 atom stereocenters. The minimum absolute atomic E-state index is 0.102. The fourth-order valence-electron chi connectivity index (χ4n) is 4.16. The molecule has 1 amide bonds. The molecule has 1 N–H and O–H groups in total. The van der Waals surface area contributed by atoms with E-state index in [0.29, 0.717) is 13.1 Å². The molecule has 0 spiro atoms. The van der Waals surface area contributed by atoms with Gasteiger partial charge in [0.15, 0.2) is 0 Å². The number of nitro benzene ring substituents is 1. The van der Waals surface area contributed by atoms with Gasteiger partial charge in [-0.25, -0.2) is 0 Å². The zero-order valence-corrected chi connectivity index (χ0v) is 18.6. The highest BCUT2D eigenvalue weighted by Gasteiger charge is 2.31. The molecular weight excluding hydrogens is 418 g/mol. The molecule has 1 aliphatic heterocycles. The van der Waals surface area contributed by atoms with Crippen LogP contribution in [-0.4, -0.2) is 51.8 Å². The number of nitro groups is 1. The smallest absolute Gasteiger partial charge is 0.293 e. The second-order valence-corrected chi connectivity index (χ2v) is 8.21. The van der Waals surface area contributed by atoms with Crippen LogP contribution in [0.25, 0.3) is 0 Å². The van der Waals surface area contributed by atoms with Crippen molar-refractivity contribution in [2.24, 2.45) is 0 Å². The summed E-state index contributed by atoms with van der Waals surface area (Å²) in [5.74, 6) is -0.272. The van der Waals surface area contributed by atoms with Crippen LogP contribution in [0.5, 0.6) is 0 Å². The molecule has 1 fully saturated rings. The average Bonchev–Trinajstić information content (AvgIpc) is 2.83. The van der Waals surface area contributed by atoms with Crippen molar-refractivity contribution in [1.82, 2.24) is 14.8 Å². The highest BCUT2D eigenvalue weighted by molar-refractivity contribution is 5.97. The van der Waals surface area contributed by atoms with Crippen LogP contribution in [0, 0.1) is 17.0 Å². The normalized spacial score (nSPS) is 15.7. The van der Waals surface area contributed by atoms with Crippen LogP contribution in [0.2, 0.25) is 0 Å². The summed E-state index contributed by atoms with van der Waals surface area (Å²) in [5, 5.41) is 14.3. The van der Waals surface area contributed by atoms with Gasteiger partial charge in [-0.2, -0.15) is 0 Å². The van der Waals surface area contributed by atoms with E-state index in [-0.39, 0.29) is 17.3 Å². The molecule has 8 nitrogen and oxygen atoms in total. The molecule has 2 heterocycles. The number of anilines is 1. The third-order valence-electron chi connectivity index (χ3n) is 5.86. The number of aromatic nitrogens is 1. The largest absolute Gasteiger partial charge is 0.319 e. The molecule has 0 bridgehead atoms. The van der Waals surface area contributed by atoms with Crippen molar-refractivity contribution in [3.8, 4) is 0 Å². The van der Waals surface area contributed by atoms with Gasteiger partial charge in [-0.1, -0.05) is 42.5 Å². The Morgan fingerprint density at radius 3 is 2.45 bits per heavy atom. The lowest BCUT2D eigenvalue weighted by Gasteiger charge is -2.38. The van der Waals surface area contributed by atoms with Crippen molar-refractivity contribution < 1.29 is 9.72 Å². The Morgan fingerprint density at radius 1 is 1.06 bits per heavy atom. The molecule has 0 aliphatic carbocycles. The number of amides is 1. The van der Waals surface area contributed by atoms with E-state index in [2.05, 4.69) is 20.1 Å². The topological polar surface area (TPSA) is 91.6 Å². The fraction of sp³-hybridized carbons (Fsp3) is 0.280. The molecule has 1 saturated heterocycles. The van der Waals surface area contributed by atoms with Crippen LogP contribution in [0.15, 0.2) is 72.9 Å². The van der Waals surface area contributed by atoms with Crippen molar-refractivity contribution in [3.05, 3.63) is 99.9 Å². The number of nitrogens with zero attached hydrogens (tertiary/aromatic N) is 4. The minimum Gasteiger partial charge on any atom is -0.319 e. The average molecular weight is 446 g/mol. The molecule has 0 saturated carbocycles. The van der Waals surface area contributed by atoms with Crippen LogP contribution in [0.4, 0.5) is 11.4 Å². The van der Waals surface area contributed by atoms with Crippen molar-refractivity contribution in [1.29, 1.82) is 0 Å². The number of rotatable bonds is 7. The summed E-state index contributed by atoms with van der Waals surface area (Å²) in [6, 6.07) is 19.8. The zero-order chi connectivity index (χ0) is 23.2. The molecule has 3 aromatic rings. The first-order valence-corrected chi connectivity index (χ1v) is 11.0. The van der Waals surface area contributed by atoms with Gasteiger partial charge in [0.2, 0.25) is 5.91 Å². The summed E-state index contributed by atoms with van der Waals surface area (Å²) in [5.41, 5.74) is 2.77. The standard InChI is InChI=1S/C25H27N5O3/c1-19-10-11-22(23(17-19)30(32)33)27-25(31)24(20-7-3-2-4-8-20)29-15-13-28(14-16-29)18-21-9-5-6-12-26-21/h2-12,17,24H,13-16,18H2,1H3,(H,27,31). The number of hydrogen-bond acceptors (Lipinski definition) is 6. The summed E-state index contributed by atoms with van der Waals surface area (Å²) in [6.45, 7) is 5.57. The number of benzene rings is 2. The maximum Gasteiger partial charge on any atom is 0.293 e. The number of carbonyl (C=O) groups is 1. The van der Waals surface area contributed by atoms with Crippen LogP contribution in [-0.2, 0) is 11.3 Å². The van der Waals surface area contributed by atoms with Gasteiger partial charge in [0.1, 0.15) is 11.7 Å². The van der Waals surface area contributed by atoms with E-state index in [1.807, 2.05) is 48.5 Å². The molecule has 1 unspecified atom stereocenters. The number of carbonyl (C=O) groups excluding carboxylic acids is 1. The zero-order valence-electron chi connectivity index (χ0n) is 18.6. The van der Waals surface area contributed by atoms with Crippen LogP contribution in [0.3, 0.4) is 0 Å². The SMILES string of the molecule is Cc1ccc(NC(=O)C(c2ccccc2)N2CCN(Cc3ccccn3)CC2)c([N+](=O)[O-])c1. The Labute approximate surface area is 193 Å². The predicted molar refractivity (Wildman–Crippen MR) is 127 cm³/mol. The second-order valence-electron chi connectivity index (χ2n) is 8.21. The number of hydrogen-bond donors (Lipinski definition) is 1.